The van der Waals surface area contributed by atoms with Gasteiger partial charge in [-0.1, -0.05) is 6.92 Å². The van der Waals surface area contributed by atoms with Crippen molar-refractivity contribution in [2.24, 2.45) is 5.92 Å². The molecule has 0 unspecified atom stereocenters. The quantitative estimate of drug-likeness (QED) is 0.558. The first-order valence-corrected chi connectivity index (χ1v) is 9.22. The third-order valence-electron chi connectivity index (χ3n) is 4.29. The Kier molecular flexibility index (Phi) is 10.9. The van der Waals surface area contributed by atoms with Crippen LogP contribution in [0.1, 0.15) is 6.92 Å². The van der Waals surface area contributed by atoms with Crippen LogP contribution in [0.15, 0.2) is 0 Å². The fourth-order valence-electron chi connectivity index (χ4n) is 2.70. The number of rotatable bonds is 0. The van der Waals surface area contributed by atoms with Crippen LogP contribution in [0, 0.1) is 5.92 Å². The summed E-state index contributed by atoms with van der Waals surface area (Å²) >= 11 is 0. The van der Waals surface area contributed by atoms with Crippen LogP contribution in [0.5, 0.6) is 0 Å². The molecule has 0 aromatic carbocycles. The van der Waals surface area contributed by atoms with Gasteiger partial charge in [-0.3, -0.25) is 0 Å². The molecule has 154 valence electrons. The highest BCUT2D eigenvalue weighted by molar-refractivity contribution is 4.87. The zero-order valence-electron chi connectivity index (χ0n) is 15.4. The number of fused-ring (bicyclic) bond motifs is 2. The smallest absolute Gasteiger partial charge is 0.163 e. The molecule has 2 rings (SSSR count). The lowest BCUT2D eigenvalue weighted by molar-refractivity contribution is -0.286. The number of ether oxygens (including phenoxy) is 7. The van der Waals surface area contributed by atoms with Crippen LogP contribution in [-0.2, 0) is 33.2 Å². The van der Waals surface area contributed by atoms with Gasteiger partial charge >= 0.3 is 0 Å². The first kappa shape index (κ1) is 21.9. The summed E-state index contributed by atoms with van der Waals surface area (Å²) in [5, 5.41) is 20.4. The lowest BCUT2D eigenvalue weighted by atomic mass is 9.92. The van der Waals surface area contributed by atoms with Crippen molar-refractivity contribution in [3.8, 4) is 0 Å². The van der Waals surface area contributed by atoms with E-state index in [0.717, 1.165) is 0 Å². The van der Waals surface area contributed by atoms with E-state index in [2.05, 4.69) is 0 Å². The molecule has 2 aliphatic rings. The van der Waals surface area contributed by atoms with Gasteiger partial charge in [-0.2, -0.15) is 0 Å². The van der Waals surface area contributed by atoms with Gasteiger partial charge in [0.25, 0.3) is 0 Å². The number of aliphatic hydroxyl groups is 2. The molecule has 9 nitrogen and oxygen atoms in total. The van der Waals surface area contributed by atoms with Gasteiger partial charge in [0.05, 0.1) is 78.8 Å². The van der Waals surface area contributed by atoms with Crippen LogP contribution in [-0.4, -0.2) is 107 Å². The topological polar surface area (TPSA) is 105 Å². The summed E-state index contributed by atoms with van der Waals surface area (Å²) in [6.45, 7) is 6.36. The van der Waals surface area contributed by atoms with E-state index in [4.69, 9.17) is 33.2 Å². The van der Waals surface area contributed by atoms with Crippen LogP contribution >= 0.6 is 0 Å². The summed E-state index contributed by atoms with van der Waals surface area (Å²) in [6, 6.07) is 0. The monoisotopic (exact) mass is 380 g/mol. The normalized spacial score (nSPS) is 37.7. The Labute approximate surface area is 154 Å². The Hall–Kier alpha value is -0.360. The third-order valence-corrected chi connectivity index (χ3v) is 4.29. The molecule has 2 bridgehead atoms. The van der Waals surface area contributed by atoms with Crippen molar-refractivity contribution in [1.29, 1.82) is 0 Å². The van der Waals surface area contributed by atoms with Crippen molar-refractivity contribution in [2.45, 2.75) is 31.5 Å². The lowest BCUT2D eigenvalue weighted by Gasteiger charge is -2.41. The molecular formula is C17H32O9. The predicted octanol–water partition coefficient (Wildman–Crippen LogP) is -0.818. The second kappa shape index (κ2) is 12.9. The minimum absolute atomic E-state index is 0.151. The van der Waals surface area contributed by atoms with Gasteiger partial charge in [0.2, 0.25) is 0 Å². The SMILES string of the molecule is C[C@H]1[C@H]2OCCOCCOCCOCCOCCOC[C@@H](O2)[C@@H](O)[C@@H]1O. The van der Waals surface area contributed by atoms with Crippen molar-refractivity contribution in [1.82, 2.24) is 0 Å². The van der Waals surface area contributed by atoms with E-state index < -0.39 is 24.6 Å². The van der Waals surface area contributed by atoms with Gasteiger partial charge in [0.15, 0.2) is 6.29 Å². The Bertz CT molecular complexity index is 323. The van der Waals surface area contributed by atoms with Gasteiger partial charge in [-0.25, -0.2) is 0 Å². The van der Waals surface area contributed by atoms with E-state index in [1.165, 1.54) is 0 Å². The zero-order valence-corrected chi connectivity index (χ0v) is 15.4. The Morgan fingerprint density at radius 2 is 1.08 bits per heavy atom. The summed E-state index contributed by atoms with van der Waals surface area (Å²) in [7, 11) is 0. The highest BCUT2D eigenvalue weighted by Crippen LogP contribution is 2.27. The molecule has 0 radical (unpaired) electrons. The summed E-state index contributed by atoms with van der Waals surface area (Å²) in [5.74, 6) is -0.356. The van der Waals surface area contributed by atoms with Crippen molar-refractivity contribution in [3.63, 3.8) is 0 Å². The standard InChI is InChI=1S/C17H32O9/c1-13-15(18)16(19)14-12-24-9-8-22-5-4-20-2-3-21-6-7-23-10-11-25-17(13)26-14/h13-19H,2-12H2,1H3/t13-,14-,15-,16-,17+/m1/s1. The fourth-order valence-corrected chi connectivity index (χ4v) is 2.70. The van der Waals surface area contributed by atoms with Crippen LogP contribution < -0.4 is 0 Å². The molecule has 0 spiro atoms. The molecule has 0 aromatic heterocycles. The number of aliphatic hydroxyl groups excluding tert-OH is 2. The van der Waals surface area contributed by atoms with E-state index in [9.17, 15) is 10.2 Å². The maximum Gasteiger partial charge on any atom is 0.163 e. The second-order valence-electron chi connectivity index (χ2n) is 6.28. The van der Waals surface area contributed by atoms with Crippen LogP contribution in [0.4, 0.5) is 0 Å². The molecule has 2 aliphatic heterocycles. The molecule has 0 amide bonds. The van der Waals surface area contributed by atoms with E-state index in [1.54, 1.807) is 6.92 Å². The molecule has 2 heterocycles. The summed E-state index contributed by atoms with van der Waals surface area (Å²) in [5.41, 5.74) is 0. The molecule has 0 aromatic rings. The van der Waals surface area contributed by atoms with Gasteiger partial charge in [0.1, 0.15) is 12.2 Å². The molecule has 2 fully saturated rings. The Morgan fingerprint density at radius 3 is 1.62 bits per heavy atom. The Balaban J connectivity index is 1.79. The molecule has 2 N–H and O–H groups in total. The molecule has 2 saturated heterocycles. The average Bonchev–Trinajstić information content (AvgIpc) is 2.64. The fraction of sp³-hybridized carbons (Fsp3) is 1.00. The average molecular weight is 380 g/mol. The highest BCUT2D eigenvalue weighted by Gasteiger charge is 2.42. The number of hydrogen-bond acceptors (Lipinski definition) is 9. The molecule has 5 atom stereocenters. The van der Waals surface area contributed by atoms with Crippen molar-refractivity contribution in [2.75, 3.05) is 72.7 Å². The van der Waals surface area contributed by atoms with Crippen LogP contribution in [0.25, 0.3) is 0 Å². The molecular weight excluding hydrogens is 348 g/mol. The van der Waals surface area contributed by atoms with Gasteiger partial charge in [-0.15, -0.1) is 0 Å². The lowest BCUT2D eigenvalue weighted by Crippen LogP contribution is -2.55. The van der Waals surface area contributed by atoms with E-state index in [1.807, 2.05) is 0 Å². The van der Waals surface area contributed by atoms with Crippen molar-refractivity contribution < 1.29 is 43.4 Å². The molecule has 26 heavy (non-hydrogen) atoms. The van der Waals surface area contributed by atoms with Gasteiger partial charge < -0.3 is 43.4 Å². The maximum atomic E-state index is 10.2. The summed E-state index contributed by atoms with van der Waals surface area (Å²) < 4.78 is 38.5. The Morgan fingerprint density at radius 1 is 0.615 bits per heavy atom. The van der Waals surface area contributed by atoms with Gasteiger partial charge in [-0.05, 0) is 0 Å². The van der Waals surface area contributed by atoms with E-state index in [-0.39, 0.29) is 12.5 Å². The second-order valence-corrected chi connectivity index (χ2v) is 6.28. The maximum absolute atomic E-state index is 10.2. The zero-order chi connectivity index (χ0) is 18.6. The van der Waals surface area contributed by atoms with E-state index in [0.29, 0.717) is 66.1 Å². The first-order valence-electron chi connectivity index (χ1n) is 9.22. The van der Waals surface area contributed by atoms with Crippen molar-refractivity contribution >= 4 is 0 Å². The molecule has 0 aliphatic carbocycles. The number of hydrogen-bond donors (Lipinski definition) is 2. The van der Waals surface area contributed by atoms with Crippen molar-refractivity contribution in [3.05, 3.63) is 0 Å². The molecule has 9 heteroatoms. The van der Waals surface area contributed by atoms with Crippen LogP contribution in [0.3, 0.4) is 0 Å². The molecule has 0 saturated carbocycles. The van der Waals surface area contributed by atoms with E-state index >= 15 is 0 Å². The van der Waals surface area contributed by atoms with Crippen LogP contribution in [0.2, 0.25) is 0 Å². The summed E-state index contributed by atoms with van der Waals surface area (Å²) in [4.78, 5) is 0. The predicted molar refractivity (Wildman–Crippen MR) is 89.9 cm³/mol. The highest BCUT2D eigenvalue weighted by atomic mass is 16.7. The minimum Gasteiger partial charge on any atom is -0.390 e. The minimum atomic E-state index is -1.02. The van der Waals surface area contributed by atoms with Gasteiger partial charge in [0, 0.05) is 5.92 Å². The largest absolute Gasteiger partial charge is 0.390 e. The third kappa shape index (κ3) is 7.71. The summed E-state index contributed by atoms with van der Waals surface area (Å²) in [6.07, 6.45) is -3.25. The first-order chi connectivity index (χ1) is 12.7.